The van der Waals surface area contributed by atoms with E-state index >= 15 is 0 Å². The van der Waals surface area contributed by atoms with Crippen LogP contribution in [0, 0.1) is 25.7 Å². The van der Waals surface area contributed by atoms with Crippen molar-refractivity contribution in [1.82, 2.24) is 20.5 Å². The Kier molecular flexibility index (Phi) is 16.4. The van der Waals surface area contributed by atoms with Crippen molar-refractivity contribution in [1.29, 1.82) is 0 Å². The average molecular weight is 675 g/mol. The number of hydrogen-bond donors (Lipinski definition) is 4. The number of carboxylic acid groups (broad SMARTS) is 1. The van der Waals surface area contributed by atoms with Gasteiger partial charge < -0.3 is 44.1 Å². The van der Waals surface area contributed by atoms with Crippen molar-refractivity contribution in [2.24, 2.45) is 11.8 Å². The normalized spacial score (nSPS) is 21.7. The van der Waals surface area contributed by atoms with Crippen LogP contribution in [-0.2, 0) is 28.7 Å². The topological polar surface area (TPSA) is 215 Å². The van der Waals surface area contributed by atoms with Gasteiger partial charge in [-0.1, -0.05) is 38.0 Å². The number of hydrogen-bond acceptors (Lipinski definition) is 13. The summed E-state index contributed by atoms with van der Waals surface area (Å²) in [7, 11) is 2.62. The summed E-state index contributed by atoms with van der Waals surface area (Å²) in [5.74, 6) is -2.19. The van der Waals surface area contributed by atoms with Crippen LogP contribution in [0.1, 0.15) is 75.3 Å². The largest absolute Gasteiger partial charge is 0.481 e. The number of amides is 1. The first-order chi connectivity index (χ1) is 21.1. The number of rotatable bonds is 8. The first kappa shape index (κ1) is 40.5. The summed E-state index contributed by atoms with van der Waals surface area (Å²) < 4.78 is 19.4. The number of esters is 2. The minimum atomic E-state index is -0.869. The van der Waals surface area contributed by atoms with Crippen LogP contribution < -0.4 is 5.32 Å². The van der Waals surface area contributed by atoms with Crippen LogP contribution in [-0.4, -0.2) is 106 Å². The number of likely N-dealkylation sites (tertiary alicyclic amines) is 1. The first-order valence-electron chi connectivity index (χ1n) is 14.8. The zero-order valence-corrected chi connectivity index (χ0v) is 28.3. The minimum absolute atomic E-state index is 0. The molecule has 0 saturated carbocycles. The highest BCUT2D eigenvalue weighted by Gasteiger charge is 2.43. The average Bonchev–Trinajstić information content (AvgIpc) is 3.77. The van der Waals surface area contributed by atoms with Gasteiger partial charge in [0.1, 0.15) is 29.7 Å². The summed E-state index contributed by atoms with van der Waals surface area (Å²) in [4.78, 5) is 47.8. The standard InChI is InChI=1S/C15H22N2O5.C9H13NO3.C6H11NO3.ClH/c1-8(2)13(12-5-9(3)16-22-12)14(19)17-7-10(18)6-11(17)15(20)21-4;1-5(2)8(9(11)12)7-4-6(3)10-13-7;1-10-6(9)5-2-4(8)3-7-5;/h5,8,10-11,13,18H,6-7H2,1-4H3;4-5,8H,1-3H3,(H,11,12);4-5,7-8H,2-3H2,1H3;1H/t10-,11+,13?;;4-,5+;/m1.1./s1. The number of methoxy groups -OCH3 is 2. The summed E-state index contributed by atoms with van der Waals surface area (Å²) in [5, 5.41) is 38.0. The van der Waals surface area contributed by atoms with E-state index in [1.54, 1.807) is 26.0 Å². The molecule has 2 saturated heterocycles. The van der Waals surface area contributed by atoms with Crippen LogP contribution in [0.15, 0.2) is 21.2 Å². The smallest absolute Gasteiger partial charge is 0.328 e. The second-order valence-corrected chi connectivity index (χ2v) is 11.8. The van der Waals surface area contributed by atoms with Gasteiger partial charge in [-0.25, -0.2) is 4.79 Å². The van der Waals surface area contributed by atoms with Crippen molar-refractivity contribution in [2.75, 3.05) is 27.3 Å². The van der Waals surface area contributed by atoms with Crippen molar-refractivity contribution < 1.29 is 53.0 Å². The van der Waals surface area contributed by atoms with Crippen LogP contribution in [0.2, 0.25) is 0 Å². The third kappa shape index (κ3) is 11.1. The maximum atomic E-state index is 12.9. The zero-order chi connectivity index (χ0) is 34.0. The number of aromatic nitrogens is 2. The van der Waals surface area contributed by atoms with E-state index in [1.807, 2.05) is 27.7 Å². The van der Waals surface area contributed by atoms with Crippen molar-refractivity contribution in [3.05, 3.63) is 35.0 Å². The Morgan fingerprint density at radius 1 is 0.870 bits per heavy atom. The Morgan fingerprint density at radius 3 is 1.74 bits per heavy atom. The number of ether oxygens (including phenoxy) is 2. The third-order valence-electron chi connectivity index (χ3n) is 7.40. The third-order valence-corrected chi connectivity index (χ3v) is 7.40. The van der Waals surface area contributed by atoms with Gasteiger partial charge in [-0.3, -0.25) is 14.4 Å². The van der Waals surface area contributed by atoms with Crippen LogP contribution in [0.5, 0.6) is 0 Å². The monoisotopic (exact) mass is 674 g/mol. The molecule has 1 amide bonds. The molecule has 260 valence electrons. The van der Waals surface area contributed by atoms with Crippen molar-refractivity contribution in [3.8, 4) is 0 Å². The van der Waals surface area contributed by atoms with Crippen molar-refractivity contribution >= 4 is 36.2 Å². The molecule has 0 aliphatic carbocycles. The quantitative estimate of drug-likeness (QED) is 0.295. The van der Waals surface area contributed by atoms with E-state index in [-0.39, 0.29) is 55.1 Å². The Hall–Kier alpha value is -3.53. The number of nitrogens with zero attached hydrogens (tertiary/aromatic N) is 3. The predicted molar refractivity (Wildman–Crippen MR) is 165 cm³/mol. The SMILES string of the molecule is COC(=O)[C@@H]1C[C@@H](O)CN1.COC(=O)[C@@H]1C[C@@H](O)CN1C(=O)C(c1cc(C)no1)C(C)C.Cc1cc(C(C(=O)O)C(C)C)on1.Cl. The molecule has 0 radical (unpaired) electrons. The van der Waals surface area contributed by atoms with Gasteiger partial charge in [-0.15, -0.1) is 12.4 Å². The number of aryl methyl sites for hydroxylation is 2. The number of aliphatic hydroxyl groups is 2. The zero-order valence-electron chi connectivity index (χ0n) is 27.5. The fraction of sp³-hybridized carbons (Fsp3) is 0.667. The summed E-state index contributed by atoms with van der Waals surface area (Å²) in [6.45, 7) is 11.7. The molecule has 16 heteroatoms. The van der Waals surface area contributed by atoms with Gasteiger partial charge in [-0.2, -0.15) is 0 Å². The van der Waals surface area contributed by atoms with Crippen LogP contribution in [0.3, 0.4) is 0 Å². The maximum absolute atomic E-state index is 12.9. The van der Waals surface area contributed by atoms with Gasteiger partial charge in [0.15, 0.2) is 5.76 Å². The Morgan fingerprint density at radius 2 is 1.37 bits per heavy atom. The first-order valence-corrected chi connectivity index (χ1v) is 14.8. The van der Waals surface area contributed by atoms with Crippen molar-refractivity contribution in [3.63, 3.8) is 0 Å². The fourth-order valence-corrected chi connectivity index (χ4v) is 5.16. The highest BCUT2D eigenvalue weighted by molar-refractivity contribution is 5.89. The van der Waals surface area contributed by atoms with Crippen LogP contribution in [0.25, 0.3) is 0 Å². The Balaban J connectivity index is 0.000000375. The van der Waals surface area contributed by atoms with Crippen LogP contribution >= 0.6 is 12.4 Å². The van der Waals surface area contributed by atoms with E-state index in [0.29, 0.717) is 35.9 Å². The van der Waals surface area contributed by atoms with E-state index in [1.165, 1.54) is 19.1 Å². The predicted octanol–water partition coefficient (Wildman–Crippen LogP) is 1.97. The number of β-amino-alcohol motifs (C(OH)–C–C–N with tert-alkyl or cyclic N) is 2. The molecule has 0 aromatic carbocycles. The molecule has 4 N–H and O–H groups in total. The number of carbonyl (C=O) groups is 4. The van der Waals surface area contributed by atoms with Gasteiger partial charge in [0.05, 0.1) is 37.8 Å². The summed E-state index contributed by atoms with van der Waals surface area (Å²) in [6, 6.07) is 2.33. The molecule has 6 atom stereocenters. The number of aliphatic hydroxyl groups excluding tert-OH is 2. The molecular formula is C30H47ClN4O11. The fourth-order valence-electron chi connectivity index (χ4n) is 5.16. The number of aliphatic carboxylic acids is 1. The lowest BCUT2D eigenvalue weighted by atomic mass is 9.91. The minimum Gasteiger partial charge on any atom is -0.481 e. The molecule has 15 nitrogen and oxygen atoms in total. The number of halogens is 1. The molecule has 46 heavy (non-hydrogen) atoms. The van der Waals surface area contributed by atoms with Crippen LogP contribution in [0.4, 0.5) is 0 Å². The number of nitrogens with one attached hydrogen (secondary N) is 1. The molecule has 0 spiro atoms. The lowest BCUT2D eigenvalue weighted by molar-refractivity contribution is -0.152. The van der Waals surface area contributed by atoms with Gasteiger partial charge in [-0.05, 0) is 25.7 Å². The number of carboxylic acids is 1. The molecule has 2 aromatic heterocycles. The van der Waals surface area contributed by atoms with Crippen molar-refractivity contribution in [2.45, 2.75) is 90.5 Å². The Bertz CT molecular complexity index is 1280. The highest BCUT2D eigenvalue weighted by atomic mass is 35.5. The van der Waals surface area contributed by atoms with Gasteiger partial charge >= 0.3 is 17.9 Å². The lowest BCUT2D eigenvalue weighted by Crippen LogP contribution is -2.44. The second kappa shape index (κ2) is 18.6. The van der Waals surface area contributed by atoms with E-state index in [9.17, 15) is 24.3 Å². The van der Waals surface area contributed by atoms with E-state index in [4.69, 9.17) is 24.0 Å². The number of carbonyl (C=O) groups excluding carboxylic acids is 3. The molecule has 0 bridgehead atoms. The van der Waals surface area contributed by atoms with Gasteiger partial charge in [0.25, 0.3) is 0 Å². The molecule has 2 aromatic rings. The molecule has 2 fully saturated rings. The molecule has 2 unspecified atom stereocenters. The molecule has 4 rings (SSSR count). The summed E-state index contributed by atoms with van der Waals surface area (Å²) >= 11 is 0. The van der Waals surface area contributed by atoms with E-state index in [2.05, 4.69) is 20.4 Å². The summed E-state index contributed by atoms with van der Waals surface area (Å²) in [6.07, 6.45) is -0.466. The Labute approximate surface area is 274 Å². The summed E-state index contributed by atoms with van der Waals surface area (Å²) in [5.41, 5.74) is 1.40. The molecule has 4 heterocycles. The van der Waals surface area contributed by atoms with E-state index in [0.717, 1.165) is 0 Å². The van der Waals surface area contributed by atoms with E-state index < -0.39 is 42.0 Å². The maximum Gasteiger partial charge on any atom is 0.328 e. The van der Waals surface area contributed by atoms with Gasteiger partial charge in [0, 0.05) is 38.1 Å². The second-order valence-electron chi connectivity index (χ2n) is 11.8. The molecular weight excluding hydrogens is 628 g/mol. The molecule has 2 aliphatic rings. The molecule has 2 aliphatic heterocycles. The van der Waals surface area contributed by atoms with Gasteiger partial charge in [0.2, 0.25) is 5.91 Å². The lowest BCUT2D eigenvalue weighted by Gasteiger charge is -2.27. The highest BCUT2D eigenvalue weighted by Crippen LogP contribution is 2.31.